The zero-order valence-electron chi connectivity index (χ0n) is 7.80. The van der Waals surface area contributed by atoms with Gasteiger partial charge in [-0.1, -0.05) is 34.5 Å². The van der Waals surface area contributed by atoms with Crippen LogP contribution in [0.25, 0.3) is 0 Å². The van der Waals surface area contributed by atoms with Gasteiger partial charge in [-0.2, -0.15) is 0 Å². The van der Waals surface area contributed by atoms with E-state index >= 15 is 0 Å². The van der Waals surface area contributed by atoms with Crippen LogP contribution < -0.4 is 10.6 Å². The Kier molecular flexibility index (Phi) is 3.41. The molecule has 0 saturated carbocycles. The fourth-order valence-electron chi connectivity index (χ4n) is 1.10. The Bertz CT molecular complexity index is 464. The highest BCUT2D eigenvalue weighted by atomic mass is 35.5. The molecule has 0 amide bonds. The molecule has 0 saturated heterocycles. The molecule has 2 aromatic heterocycles. The average Bonchev–Trinajstić information content (AvgIpc) is 2.73. The molecule has 0 aliphatic carbocycles. The van der Waals surface area contributed by atoms with Gasteiger partial charge in [0.1, 0.15) is 5.00 Å². The van der Waals surface area contributed by atoms with Crippen LogP contribution in [0.4, 0.5) is 15.0 Å². The summed E-state index contributed by atoms with van der Waals surface area (Å²) in [4.78, 5) is 0. The van der Waals surface area contributed by atoms with Gasteiger partial charge >= 0.3 is 0 Å². The average molecular weight is 279 g/mol. The second-order valence-corrected chi connectivity index (χ2v) is 5.60. The molecule has 0 aromatic carbocycles. The van der Waals surface area contributed by atoms with Crippen molar-refractivity contribution < 1.29 is 0 Å². The lowest BCUT2D eigenvalue weighted by Crippen LogP contribution is -1.82. The standard InChI is InChI=1S/C9H8Cl2N2S2/c1-12-9-6(11)3-8(15-9)13-7-2-5(10)4-14-7/h2-4,12-13H,1H3. The van der Waals surface area contributed by atoms with Crippen LogP contribution in [-0.2, 0) is 0 Å². The monoisotopic (exact) mass is 278 g/mol. The summed E-state index contributed by atoms with van der Waals surface area (Å²) in [5.74, 6) is 0. The van der Waals surface area contributed by atoms with E-state index in [1.165, 1.54) is 0 Å². The number of thiophene rings is 2. The van der Waals surface area contributed by atoms with Gasteiger partial charge in [0.25, 0.3) is 0 Å². The zero-order chi connectivity index (χ0) is 10.8. The topological polar surface area (TPSA) is 24.1 Å². The Hall–Kier alpha value is -0.420. The lowest BCUT2D eigenvalue weighted by Gasteiger charge is -1.97. The van der Waals surface area contributed by atoms with E-state index in [-0.39, 0.29) is 0 Å². The molecule has 0 bridgehead atoms. The SMILES string of the molecule is CNc1sc(Nc2cc(Cl)cs2)cc1Cl. The molecule has 2 rings (SSSR count). The minimum atomic E-state index is 0.729. The largest absolute Gasteiger partial charge is 0.379 e. The fraction of sp³-hybridized carbons (Fsp3) is 0.111. The predicted octanol–water partition coefficient (Wildman–Crippen LogP) is 4.90. The number of anilines is 3. The van der Waals surface area contributed by atoms with Crippen molar-refractivity contribution in [2.24, 2.45) is 0 Å². The molecule has 6 heteroatoms. The van der Waals surface area contributed by atoms with Crippen LogP contribution in [0.15, 0.2) is 17.5 Å². The van der Waals surface area contributed by atoms with Crippen LogP contribution in [-0.4, -0.2) is 7.05 Å². The zero-order valence-corrected chi connectivity index (χ0v) is 10.9. The van der Waals surface area contributed by atoms with E-state index in [0.717, 1.165) is 25.0 Å². The van der Waals surface area contributed by atoms with Crippen LogP contribution in [0.5, 0.6) is 0 Å². The maximum absolute atomic E-state index is 6.00. The summed E-state index contributed by atoms with van der Waals surface area (Å²) in [5, 5.41) is 12.6. The molecule has 15 heavy (non-hydrogen) atoms. The molecule has 0 unspecified atom stereocenters. The first-order chi connectivity index (χ1) is 7.19. The summed E-state index contributed by atoms with van der Waals surface area (Å²) in [5.41, 5.74) is 0. The van der Waals surface area contributed by atoms with Crippen molar-refractivity contribution in [1.82, 2.24) is 0 Å². The second kappa shape index (κ2) is 4.61. The minimum Gasteiger partial charge on any atom is -0.379 e. The predicted molar refractivity (Wildman–Crippen MR) is 71.5 cm³/mol. The van der Waals surface area contributed by atoms with Crippen LogP contribution >= 0.6 is 45.9 Å². The van der Waals surface area contributed by atoms with Gasteiger partial charge in [0.2, 0.25) is 0 Å². The van der Waals surface area contributed by atoms with Gasteiger partial charge in [-0.05, 0) is 12.1 Å². The minimum absolute atomic E-state index is 0.729. The van der Waals surface area contributed by atoms with Crippen molar-refractivity contribution in [2.75, 3.05) is 17.7 Å². The molecule has 2 aromatic rings. The fourth-order valence-corrected chi connectivity index (χ4v) is 3.34. The smallest absolute Gasteiger partial charge is 0.109 e. The Morgan fingerprint density at radius 3 is 2.53 bits per heavy atom. The number of hydrogen-bond acceptors (Lipinski definition) is 4. The van der Waals surface area contributed by atoms with Gasteiger partial charge in [0.15, 0.2) is 0 Å². The van der Waals surface area contributed by atoms with E-state index in [1.54, 1.807) is 22.7 Å². The molecule has 0 fully saturated rings. The number of hydrogen-bond donors (Lipinski definition) is 2. The van der Waals surface area contributed by atoms with Crippen molar-refractivity contribution in [1.29, 1.82) is 0 Å². The highest BCUT2D eigenvalue weighted by Gasteiger charge is 2.06. The van der Waals surface area contributed by atoms with E-state index in [1.807, 2.05) is 24.6 Å². The lowest BCUT2D eigenvalue weighted by atomic mass is 10.5. The van der Waals surface area contributed by atoms with Crippen molar-refractivity contribution in [3.63, 3.8) is 0 Å². The van der Waals surface area contributed by atoms with Crippen LogP contribution in [0.2, 0.25) is 10.0 Å². The first-order valence-electron chi connectivity index (χ1n) is 4.17. The quantitative estimate of drug-likeness (QED) is 0.834. The van der Waals surface area contributed by atoms with E-state index < -0.39 is 0 Å². The maximum Gasteiger partial charge on any atom is 0.109 e. The van der Waals surface area contributed by atoms with Crippen molar-refractivity contribution in [3.05, 3.63) is 27.6 Å². The first kappa shape index (κ1) is 11.1. The highest BCUT2D eigenvalue weighted by molar-refractivity contribution is 7.21. The molecule has 0 atom stereocenters. The Labute approximate surface area is 106 Å². The normalized spacial score (nSPS) is 10.3. The Balaban J connectivity index is 2.17. The van der Waals surface area contributed by atoms with Gasteiger partial charge in [-0.15, -0.1) is 11.3 Å². The molecule has 0 aliphatic heterocycles. The molecule has 2 heterocycles. The molecular formula is C9H8Cl2N2S2. The maximum atomic E-state index is 6.00. The van der Waals surface area contributed by atoms with Gasteiger partial charge in [0.05, 0.1) is 20.0 Å². The summed E-state index contributed by atoms with van der Waals surface area (Å²) in [6, 6.07) is 3.78. The molecule has 0 spiro atoms. The molecule has 0 aliphatic rings. The number of halogens is 2. The summed E-state index contributed by atoms with van der Waals surface area (Å²) in [6.07, 6.45) is 0. The third-order valence-corrected chi connectivity index (χ3v) is 4.40. The molecule has 2 N–H and O–H groups in total. The van der Waals surface area contributed by atoms with E-state index in [2.05, 4.69) is 10.6 Å². The summed E-state index contributed by atoms with van der Waals surface area (Å²) >= 11 is 15.0. The van der Waals surface area contributed by atoms with Gasteiger partial charge in [0, 0.05) is 12.4 Å². The third-order valence-electron chi connectivity index (χ3n) is 1.73. The summed E-state index contributed by atoms with van der Waals surface area (Å²) in [7, 11) is 1.85. The van der Waals surface area contributed by atoms with Gasteiger partial charge in [-0.3, -0.25) is 0 Å². The first-order valence-corrected chi connectivity index (χ1v) is 6.62. The van der Waals surface area contributed by atoms with Crippen LogP contribution in [0, 0.1) is 0 Å². The molecular weight excluding hydrogens is 271 g/mol. The third kappa shape index (κ3) is 2.58. The summed E-state index contributed by atoms with van der Waals surface area (Å²) in [6.45, 7) is 0. The lowest BCUT2D eigenvalue weighted by molar-refractivity contribution is 1.59. The van der Waals surface area contributed by atoms with Crippen molar-refractivity contribution in [2.45, 2.75) is 0 Å². The highest BCUT2D eigenvalue weighted by Crippen LogP contribution is 2.38. The van der Waals surface area contributed by atoms with Crippen molar-refractivity contribution in [3.8, 4) is 0 Å². The van der Waals surface area contributed by atoms with Gasteiger partial charge in [-0.25, -0.2) is 0 Å². The molecule has 2 nitrogen and oxygen atoms in total. The summed E-state index contributed by atoms with van der Waals surface area (Å²) < 4.78 is 0. The van der Waals surface area contributed by atoms with E-state index in [4.69, 9.17) is 23.2 Å². The van der Waals surface area contributed by atoms with E-state index in [9.17, 15) is 0 Å². The Morgan fingerprint density at radius 2 is 2.00 bits per heavy atom. The second-order valence-electron chi connectivity index (χ2n) is 2.79. The van der Waals surface area contributed by atoms with E-state index in [0.29, 0.717) is 0 Å². The van der Waals surface area contributed by atoms with Crippen LogP contribution in [0.1, 0.15) is 0 Å². The molecule has 0 radical (unpaired) electrons. The molecule has 80 valence electrons. The Morgan fingerprint density at radius 1 is 1.20 bits per heavy atom. The van der Waals surface area contributed by atoms with Crippen molar-refractivity contribution >= 4 is 60.9 Å². The van der Waals surface area contributed by atoms with Crippen LogP contribution in [0.3, 0.4) is 0 Å². The van der Waals surface area contributed by atoms with Gasteiger partial charge < -0.3 is 10.6 Å². The number of nitrogens with one attached hydrogen (secondary N) is 2. The number of rotatable bonds is 3.